The molecular weight excluding hydrogens is 437 g/mol. The van der Waals surface area contributed by atoms with Gasteiger partial charge in [-0.15, -0.1) is 0 Å². The van der Waals surface area contributed by atoms with Crippen LogP contribution >= 0.6 is 8.53 Å². The van der Waals surface area contributed by atoms with Crippen molar-refractivity contribution >= 4 is 20.0 Å². The molecule has 0 saturated carbocycles. The highest BCUT2D eigenvalue weighted by Gasteiger charge is 2.37. The zero-order valence-electron chi connectivity index (χ0n) is 18.6. The summed E-state index contributed by atoms with van der Waals surface area (Å²) in [5.74, 6) is 4.47. The lowest BCUT2D eigenvalue weighted by molar-refractivity contribution is 0.324. The molecule has 2 aliphatic heterocycles. The molecule has 4 rings (SSSR count). The van der Waals surface area contributed by atoms with Gasteiger partial charge in [0.2, 0.25) is 11.5 Å². The van der Waals surface area contributed by atoms with E-state index in [0.717, 1.165) is 11.1 Å². The van der Waals surface area contributed by atoms with Gasteiger partial charge in [0.25, 0.3) is 0 Å². The van der Waals surface area contributed by atoms with E-state index in [4.69, 9.17) is 37.5 Å². The molecule has 10 heteroatoms. The Kier molecular flexibility index (Phi) is 6.10. The summed E-state index contributed by atoms with van der Waals surface area (Å²) >= 11 is 0. The number of rotatable bonds is 8. The Morgan fingerprint density at radius 2 is 0.906 bits per heavy atom. The Labute approximate surface area is 187 Å². The van der Waals surface area contributed by atoms with Gasteiger partial charge in [0.1, 0.15) is 0 Å². The molecule has 0 radical (unpaired) electrons. The average Bonchev–Trinajstić information content (AvgIpc) is 3.41. The smallest absolute Gasteiger partial charge is 0.421 e. The van der Waals surface area contributed by atoms with Gasteiger partial charge in [-0.2, -0.15) is 0 Å². The number of ether oxygens (including phenoxy) is 6. The molecule has 0 aliphatic carbocycles. The molecule has 2 aromatic rings. The van der Waals surface area contributed by atoms with Gasteiger partial charge in [-0.3, -0.25) is 4.67 Å². The second-order valence-corrected chi connectivity index (χ2v) is 7.92. The van der Waals surface area contributed by atoms with E-state index < -0.39 is 8.53 Å². The van der Waals surface area contributed by atoms with Crippen molar-refractivity contribution in [3.63, 3.8) is 0 Å². The van der Waals surface area contributed by atoms with Crippen LogP contribution in [0.15, 0.2) is 36.7 Å². The molecule has 9 nitrogen and oxygen atoms in total. The number of benzene rings is 2. The fourth-order valence-corrected chi connectivity index (χ4v) is 4.67. The second-order valence-electron chi connectivity index (χ2n) is 6.62. The van der Waals surface area contributed by atoms with Crippen molar-refractivity contribution in [1.82, 2.24) is 4.67 Å². The van der Waals surface area contributed by atoms with Gasteiger partial charge < -0.3 is 37.5 Å². The quantitative estimate of drug-likeness (QED) is 0.523. The van der Waals surface area contributed by atoms with Gasteiger partial charge in [0.05, 0.1) is 55.1 Å². The lowest BCUT2D eigenvalue weighted by Crippen LogP contribution is -1.97. The van der Waals surface area contributed by atoms with Crippen LogP contribution < -0.4 is 28.4 Å². The van der Waals surface area contributed by atoms with Crippen molar-refractivity contribution in [3.05, 3.63) is 47.8 Å². The zero-order valence-corrected chi connectivity index (χ0v) is 19.5. The zero-order chi connectivity index (χ0) is 22.8. The third-order valence-corrected chi connectivity index (χ3v) is 6.25. The van der Waals surface area contributed by atoms with Crippen molar-refractivity contribution in [3.8, 4) is 34.5 Å². The summed E-state index contributed by atoms with van der Waals surface area (Å²) in [6, 6.07) is 7.32. The Morgan fingerprint density at radius 1 is 0.562 bits per heavy atom. The SMILES string of the molecule is COc1cc(C2=CN3C=C(c4cc(OC)c(OC)c(OC)c4)OP3O2)cc(OC)c1OC. The molecule has 2 aliphatic rings. The van der Waals surface area contributed by atoms with Gasteiger partial charge >= 0.3 is 8.53 Å². The molecule has 0 fully saturated rings. The summed E-state index contributed by atoms with van der Waals surface area (Å²) in [4.78, 5) is 0. The monoisotopic (exact) mass is 461 g/mol. The van der Waals surface area contributed by atoms with E-state index in [2.05, 4.69) is 0 Å². The highest BCUT2D eigenvalue weighted by Crippen LogP contribution is 2.60. The minimum absolute atomic E-state index is 0.518. The molecule has 0 aromatic heterocycles. The first kappa shape index (κ1) is 21.8. The molecule has 32 heavy (non-hydrogen) atoms. The van der Waals surface area contributed by atoms with E-state index in [9.17, 15) is 0 Å². The maximum Gasteiger partial charge on any atom is 0.421 e. The molecule has 0 unspecified atom stereocenters. The summed E-state index contributed by atoms with van der Waals surface area (Å²) in [7, 11) is 8.04. The molecule has 2 heterocycles. The highest BCUT2D eigenvalue weighted by atomic mass is 31.2. The van der Waals surface area contributed by atoms with Crippen molar-refractivity contribution in [2.24, 2.45) is 0 Å². The summed E-state index contributed by atoms with van der Waals surface area (Å²) in [5.41, 5.74) is 1.56. The van der Waals surface area contributed by atoms with E-state index >= 15 is 0 Å². The van der Waals surface area contributed by atoms with Crippen LogP contribution in [0.3, 0.4) is 0 Å². The van der Waals surface area contributed by atoms with E-state index in [0.29, 0.717) is 46.0 Å². The predicted molar refractivity (Wildman–Crippen MR) is 119 cm³/mol. The molecule has 0 spiro atoms. The summed E-state index contributed by atoms with van der Waals surface area (Å²) in [6.07, 6.45) is 3.74. The molecule has 170 valence electrons. The Morgan fingerprint density at radius 3 is 1.16 bits per heavy atom. The van der Waals surface area contributed by atoms with E-state index in [1.165, 1.54) is 0 Å². The summed E-state index contributed by atoms with van der Waals surface area (Å²) in [6.45, 7) is 0. The van der Waals surface area contributed by atoms with Crippen LogP contribution in [0.5, 0.6) is 34.5 Å². The van der Waals surface area contributed by atoms with Crippen molar-refractivity contribution in [2.45, 2.75) is 0 Å². The molecule has 0 N–H and O–H groups in total. The highest BCUT2D eigenvalue weighted by molar-refractivity contribution is 7.46. The molecule has 0 amide bonds. The van der Waals surface area contributed by atoms with Crippen LogP contribution in [0.1, 0.15) is 11.1 Å². The van der Waals surface area contributed by atoms with Crippen LogP contribution in [0, 0.1) is 0 Å². The van der Waals surface area contributed by atoms with Crippen molar-refractivity contribution in [2.75, 3.05) is 42.7 Å². The second kappa shape index (κ2) is 8.96. The third kappa shape index (κ3) is 3.69. The van der Waals surface area contributed by atoms with Crippen LogP contribution in [0.25, 0.3) is 11.5 Å². The van der Waals surface area contributed by atoms with Crippen molar-refractivity contribution in [1.29, 1.82) is 0 Å². The van der Waals surface area contributed by atoms with Crippen LogP contribution in [0.2, 0.25) is 0 Å². The van der Waals surface area contributed by atoms with Gasteiger partial charge in [0.15, 0.2) is 34.5 Å². The van der Waals surface area contributed by atoms with E-state index in [1.54, 1.807) is 42.7 Å². The van der Waals surface area contributed by atoms with E-state index in [-0.39, 0.29) is 0 Å². The largest absolute Gasteiger partial charge is 0.493 e. The van der Waals surface area contributed by atoms with Crippen LogP contribution in [-0.2, 0) is 9.05 Å². The predicted octanol–water partition coefficient (Wildman–Crippen LogP) is 4.62. The standard InChI is InChI=1S/C22H24NO8P/c1-24-15-7-13(8-16(25-2)21(15)28-5)19-11-23-12-20(31-32(23)30-19)14-9-17(26-3)22(29-6)18(10-14)27-4/h7-12H,1-6H3. The van der Waals surface area contributed by atoms with Crippen LogP contribution in [0.4, 0.5) is 0 Å². The first-order chi connectivity index (χ1) is 15.6. The first-order valence-corrected chi connectivity index (χ1v) is 10.7. The van der Waals surface area contributed by atoms with Gasteiger partial charge in [-0.1, -0.05) is 0 Å². The van der Waals surface area contributed by atoms with Crippen LogP contribution in [-0.4, -0.2) is 47.3 Å². The fraction of sp³-hybridized carbons (Fsp3) is 0.273. The topological polar surface area (TPSA) is 77.1 Å². The number of fused-ring (bicyclic) bond motifs is 1. The fourth-order valence-electron chi connectivity index (χ4n) is 3.40. The van der Waals surface area contributed by atoms with Gasteiger partial charge in [0, 0.05) is 11.1 Å². The van der Waals surface area contributed by atoms with Crippen molar-refractivity contribution < 1.29 is 37.5 Å². The molecule has 0 saturated heterocycles. The maximum absolute atomic E-state index is 6.09. The third-order valence-electron chi connectivity index (χ3n) is 4.94. The normalized spacial score (nSPS) is 14.6. The lowest BCUT2D eigenvalue weighted by atomic mass is 10.1. The maximum atomic E-state index is 6.09. The average molecular weight is 461 g/mol. The first-order valence-electron chi connectivity index (χ1n) is 9.55. The molecule has 0 bridgehead atoms. The number of nitrogens with zero attached hydrogens (tertiary/aromatic N) is 1. The Balaban J connectivity index is 1.65. The molecule has 0 atom stereocenters. The van der Waals surface area contributed by atoms with Gasteiger partial charge in [-0.25, -0.2) is 0 Å². The number of methoxy groups -OCH3 is 6. The minimum Gasteiger partial charge on any atom is -0.493 e. The number of hydrogen-bond donors (Lipinski definition) is 0. The number of hydrogen-bond acceptors (Lipinski definition) is 9. The minimum atomic E-state index is -1.37. The van der Waals surface area contributed by atoms with Gasteiger partial charge in [-0.05, 0) is 24.3 Å². The summed E-state index contributed by atoms with van der Waals surface area (Å²) < 4.78 is 46.6. The molecular formula is C22H24NO8P. The Bertz CT molecular complexity index is 950. The Hall–Kier alpha value is -3.45. The summed E-state index contributed by atoms with van der Waals surface area (Å²) in [5, 5.41) is 0. The molecule has 2 aromatic carbocycles. The lowest BCUT2D eigenvalue weighted by Gasteiger charge is -2.16. The van der Waals surface area contributed by atoms with E-state index in [1.807, 2.05) is 41.3 Å².